The summed E-state index contributed by atoms with van der Waals surface area (Å²) >= 11 is 1.15. The van der Waals surface area contributed by atoms with Crippen LogP contribution in [-0.4, -0.2) is 23.9 Å². The predicted molar refractivity (Wildman–Crippen MR) is 74.6 cm³/mol. The first-order valence-electron chi connectivity index (χ1n) is 6.14. The van der Waals surface area contributed by atoms with Gasteiger partial charge in [0.1, 0.15) is 5.75 Å². The van der Waals surface area contributed by atoms with Crippen LogP contribution in [0.4, 0.5) is 14.6 Å². The molecule has 0 saturated heterocycles. The second kappa shape index (κ2) is 6.13. The molecule has 0 atom stereocenters. The van der Waals surface area contributed by atoms with Gasteiger partial charge in [-0.15, -0.1) is 0 Å². The van der Waals surface area contributed by atoms with Crippen LogP contribution in [0.25, 0.3) is 10.1 Å². The van der Waals surface area contributed by atoms with Gasteiger partial charge in [-0.2, -0.15) is 13.2 Å². The lowest BCUT2D eigenvalue weighted by atomic mass is 10.2. The quantitative estimate of drug-likeness (QED) is 0.846. The summed E-state index contributed by atoms with van der Waals surface area (Å²) in [5, 5.41) is 0.449. The van der Waals surface area contributed by atoms with E-state index in [-0.39, 0.29) is 11.7 Å². The van der Waals surface area contributed by atoms with Crippen molar-refractivity contribution >= 4 is 33.3 Å². The SMILES string of the molecule is CCCC(=O)N(C)c1nsc2cccc(OC(F)F)c12. The zero-order valence-electron chi connectivity index (χ0n) is 11.1. The first-order valence-corrected chi connectivity index (χ1v) is 6.91. The standard InChI is InChI=1S/C13H14F2N2O2S/c1-3-5-10(18)17(2)12-11-8(19-13(14)15)6-4-7-9(11)20-16-12/h4,6-7,13H,3,5H2,1-2H3. The van der Waals surface area contributed by atoms with Crippen molar-refractivity contribution in [3.8, 4) is 5.75 Å². The zero-order valence-corrected chi connectivity index (χ0v) is 11.9. The van der Waals surface area contributed by atoms with E-state index in [1.807, 2.05) is 6.92 Å². The van der Waals surface area contributed by atoms with Gasteiger partial charge >= 0.3 is 6.61 Å². The number of carbonyl (C=O) groups is 1. The molecule has 7 heteroatoms. The third-order valence-corrected chi connectivity index (χ3v) is 3.61. The van der Waals surface area contributed by atoms with Crippen LogP contribution in [0, 0.1) is 0 Å². The second-order valence-corrected chi connectivity index (χ2v) is 5.02. The number of amides is 1. The molecule has 0 N–H and O–H groups in total. The Hall–Kier alpha value is -1.76. The van der Waals surface area contributed by atoms with E-state index < -0.39 is 6.61 Å². The lowest BCUT2D eigenvalue weighted by Gasteiger charge is -2.15. The molecule has 0 saturated carbocycles. The van der Waals surface area contributed by atoms with Gasteiger partial charge in [0, 0.05) is 13.5 Å². The van der Waals surface area contributed by atoms with Crippen LogP contribution in [0.1, 0.15) is 19.8 Å². The summed E-state index contributed by atoms with van der Waals surface area (Å²) in [6, 6.07) is 4.83. The number of nitrogens with zero attached hydrogens (tertiary/aromatic N) is 2. The van der Waals surface area contributed by atoms with E-state index in [0.717, 1.165) is 11.5 Å². The highest BCUT2D eigenvalue weighted by Gasteiger charge is 2.20. The first kappa shape index (κ1) is 14.6. The average molecular weight is 300 g/mol. The minimum atomic E-state index is -2.91. The Morgan fingerprint density at radius 1 is 1.50 bits per heavy atom. The van der Waals surface area contributed by atoms with E-state index in [2.05, 4.69) is 9.11 Å². The first-order chi connectivity index (χ1) is 9.54. The van der Waals surface area contributed by atoms with Crippen molar-refractivity contribution in [3.05, 3.63) is 18.2 Å². The number of ether oxygens (including phenoxy) is 1. The highest BCUT2D eigenvalue weighted by atomic mass is 32.1. The Kier molecular flexibility index (Phi) is 4.49. The van der Waals surface area contributed by atoms with Gasteiger partial charge in [0.05, 0.1) is 10.1 Å². The molecule has 1 amide bonds. The molecule has 1 heterocycles. The Labute approximate surface area is 119 Å². The van der Waals surface area contributed by atoms with Crippen molar-refractivity contribution in [3.63, 3.8) is 0 Å². The molecule has 0 aliphatic carbocycles. The minimum Gasteiger partial charge on any atom is -0.434 e. The van der Waals surface area contributed by atoms with Crippen LogP contribution in [0.15, 0.2) is 18.2 Å². The molecule has 0 aliphatic heterocycles. The molecule has 108 valence electrons. The number of rotatable bonds is 5. The van der Waals surface area contributed by atoms with E-state index in [9.17, 15) is 13.6 Å². The van der Waals surface area contributed by atoms with Crippen LogP contribution in [0.2, 0.25) is 0 Å². The number of alkyl halides is 2. The number of halogens is 2. The van der Waals surface area contributed by atoms with E-state index in [1.54, 1.807) is 19.2 Å². The highest BCUT2D eigenvalue weighted by Crippen LogP contribution is 2.37. The van der Waals surface area contributed by atoms with Crippen molar-refractivity contribution in [2.24, 2.45) is 0 Å². The molecule has 2 aromatic rings. The summed E-state index contributed by atoms with van der Waals surface area (Å²) < 4.78 is 34.3. The number of benzene rings is 1. The van der Waals surface area contributed by atoms with Gasteiger partial charge < -0.3 is 4.74 Å². The minimum absolute atomic E-state index is 0.0393. The molecule has 2 rings (SSSR count). The maximum Gasteiger partial charge on any atom is 0.387 e. The van der Waals surface area contributed by atoms with Crippen molar-refractivity contribution in [1.82, 2.24) is 4.37 Å². The number of hydrogen-bond acceptors (Lipinski definition) is 4. The molecule has 0 unspecified atom stereocenters. The van der Waals surface area contributed by atoms with E-state index in [1.165, 1.54) is 11.0 Å². The fraction of sp³-hybridized carbons (Fsp3) is 0.385. The molecule has 0 aliphatic rings. The Bertz CT molecular complexity index is 615. The van der Waals surface area contributed by atoms with E-state index in [4.69, 9.17) is 0 Å². The van der Waals surface area contributed by atoms with Crippen LogP contribution in [0.3, 0.4) is 0 Å². The van der Waals surface area contributed by atoms with Crippen molar-refractivity contribution < 1.29 is 18.3 Å². The van der Waals surface area contributed by atoms with Gasteiger partial charge in [-0.05, 0) is 30.1 Å². The smallest absolute Gasteiger partial charge is 0.387 e. The lowest BCUT2D eigenvalue weighted by Crippen LogP contribution is -2.26. The summed E-state index contributed by atoms with van der Waals surface area (Å²) in [6.45, 7) is -1.01. The molecule has 1 aromatic carbocycles. The molecule has 20 heavy (non-hydrogen) atoms. The van der Waals surface area contributed by atoms with E-state index >= 15 is 0 Å². The summed E-state index contributed by atoms with van der Waals surface area (Å²) in [7, 11) is 1.59. The molecule has 0 fully saturated rings. The monoisotopic (exact) mass is 300 g/mol. The Morgan fingerprint density at radius 2 is 2.25 bits per heavy atom. The number of carbonyl (C=O) groups excluding carboxylic acids is 1. The number of aromatic nitrogens is 1. The van der Waals surface area contributed by atoms with Gasteiger partial charge in [-0.1, -0.05) is 13.0 Å². The molecule has 0 bridgehead atoms. The fourth-order valence-corrected chi connectivity index (χ4v) is 2.69. The topological polar surface area (TPSA) is 42.4 Å². The van der Waals surface area contributed by atoms with Crippen molar-refractivity contribution in [2.75, 3.05) is 11.9 Å². The highest BCUT2D eigenvalue weighted by molar-refractivity contribution is 7.13. The normalized spacial score (nSPS) is 11.1. The van der Waals surface area contributed by atoms with Gasteiger partial charge in [0.25, 0.3) is 0 Å². The van der Waals surface area contributed by atoms with Crippen LogP contribution in [-0.2, 0) is 4.79 Å². The maximum atomic E-state index is 12.4. The molecule has 1 aromatic heterocycles. The molecular formula is C13H14F2N2O2S. The second-order valence-electron chi connectivity index (χ2n) is 4.22. The number of hydrogen-bond donors (Lipinski definition) is 0. The molecule has 4 nitrogen and oxygen atoms in total. The molecule has 0 spiro atoms. The van der Waals surface area contributed by atoms with Crippen LogP contribution >= 0.6 is 11.5 Å². The lowest BCUT2D eigenvalue weighted by molar-refractivity contribution is -0.118. The van der Waals surface area contributed by atoms with Gasteiger partial charge in [0.2, 0.25) is 5.91 Å². The third-order valence-electron chi connectivity index (χ3n) is 2.81. The largest absolute Gasteiger partial charge is 0.434 e. The fourth-order valence-electron chi connectivity index (χ4n) is 1.87. The van der Waals surface area contributed by atoms with Crippen LogP contribution in [0.5, 0.6) is 5.75 Å². The van der Waals surface area contributed by atoms with Crippen LogP contribution < -0.4 is 9.64 Å². The number of fused-ring (bicyclic) bond motifs is 1. The molecule has 0 radical (unpaired) electrons. The van der Waals surface area contributed by atoms with E-state index in [0.29, 0.717) is 28.7 Å². The predicted octanol–water partition coefficient (Wildman–Crippen LogP) is 3.66. The maximum absolute atomic E-state index is 12.4. The summed E-state index contributed by atoms with van der Waals surface area (Å²) in [5.74, 6) is 0.295. The Morgan fingerprint density at radius 3 is 2.90 bits per heavy atom. The zero-order chi connectivity index (χ0) is 14.7. The molecular weight excluding hydrogens is 286 g/mol. The Balaban J connectivity index is 2.46. The van der Waals surface area contributed by atoms with Gasteiger partial charge in [0.15, 0.2) is 5.82 Å². The van der Waals surface area contributed by atoms with Gasteiger partial charge in [-0.3, -0.25) is 9.69 Å². The summed E-state index contributed by atoms with van der Waals surface area (Å²) in [6.07, 6.45) is 1.10. The summed E-state index contributed by atoms with van der Waals surface area (Å²) in [4.78, 5) is 13.3. The summed E-state index contributed by atoms with van der Waals surface area (Å²) in [5.41, 5.74) is 0. The number of anilines is 1. The van der Waals surface area contributed by atoms with Gasteiger partial charge in [-0.25, -0.2) is 0 Å². The van der Waals surface area contributed by atoms with Crippen molar-refractivity contribution in [1.29, 1.82) is 0 Å². The average Bonchev–Trinajstić information content (AvgIpc) is 2.82. The third kappa shape index (κ3) is 2.87. The van der Waals surface area contributed by atoms with Crippen molar-refractivity contribution in [2.45, 2.75) is 26.4 Å².